The predicted molar refractivity (Wildman–Crippen MR) is 306 cm³/mol. The summed E-state index contributed by atoms with van der Waals surface area (Å²) in [6, 6.07) is 10.6. The Morgan fingerprint density at radius 3 is 1.69 bits per heavy atom. The molecule has 0 radical (unpaired) electrons. The van der Waals surface area contributed by atoms with E-state index in [4.69, 9.17) is 56.8 Å². The fourth-order valence-corrected chi connectivity index (χ4v) is 8.87. The number of fused-ring (bicyclic) bond motifs is 1. The van der Waals surface area contributed by atoms with Gasteiger partial charge in [-0.2, -0.15) is 5.26 Å². The van der Waals surface area contributed by atoms with Crippen molar-refractivity contribution in [1.82, 2.24) is 35.7 Å². The minimum atomic E-state index is -3.16. The van der Waals surface area contributed by atoms with Gasteiger partial charge in [0.05, 0.1) is 201 Å². The highest BCUT2D eigenvalue weighted by Crippen LogP contribution is 2.37. The third-order valence-corrected chi connectivity index (χ3v) is 13.4. The Kier molecular flexibility index (Phi) is 34.3. The Morgan fingerprint density at radius 1 is 0.674 bits per heavy atom. The quantitative estimate of drug-likeness (QED) is 0.0677. The van der Waals surface area contributed by atoms with Gasteiger partial charge in [-0.3, -0.25) is 33.9 Å². The van der Waals surface area contributed by atoms with Crippen LogP contribution in [0.3, 0.4) is 0 Å². The van der Waals surface area contributed by atoms with E-state index < -0.39 is 49.2 Å². The van der Waals surface area contributed by atoms with Gasteiger partial charge in [-0.25, -0.2) is 8.78 Å². The zero-order valence-electron chi connectivity index (χ0n) is 49.4. The zero-order valence-corrected chi connectivity index (χ0v) is 49.4. The van der Waals surface area contributed by atoms with Crippen LogP contribution in [0.15, 0.2) is 55.0 Å². The van der Waals surface area contributed by atoms with Gasteiger partial charge in [0, 0.05) is 82.7 Å². The maximum Gasteiger partial charge on any atom is 0.268 e. The number of likely N-dealkylation sites (N-methyl/N-ethyl adjacent to an activating group) is 1. The summed E-state index contributed by atoms with van der Waals surface area (Å²) in [6.07, 6.45) is 4.40. The summed E-state index contributed by atoms with van der Waals surface area (Å²) in [5.41, 5.74) is 2.34. The van der Waals surface area contributed by atoms with Crippen LogP contribution in [-0.2, 0) is 76.0 Å². The number of halogens is 2. The van der Waals surface area contributed by atoms with Gasteiger partial charge < -0.3 is 87.5 Å². The molecular weight excluding hydrogens is 1130 g/mol. The highest BCUT2D eigenvalue weighted by atomic mass is 19.3. The first kappa shape index (κ1) is 70.6. The first-order valence-electron chi connectivity index (χ1n) is 29.0. The molecule has 5 amide bonds. The lowest BCUT2D eigenvalue weighted by atomic mass is 9.94. The lowest BCUT2D eigenvalue weighted by Gasteiger charge is -2.24. The highest BCUT2D eigenvalue weighted by Gasteiger charge is 2.47. The molecule has 28 heteroatoms. The van der Waals surface area contributed by atoms with Gasteiger partial charge in [-0.05, 0) is 35.9 Å². The molecule has 3 aromatic rings. The first-order chi connectivity index (χ1) is 41.9. The van der Waals surface area contributed by atoms with Gasteiger partial charge in [0.15, 0.2) is 0 Å². The van der Waals surface area contributed by atoms with Crippen molar-refractivity contribution in [2.24, 2.45) is 5.92 Å². The van der Waals surface area contributed by atoms with Crippen LogP contribution in [0.4, 0.5) is 14.5 Å². The smallest absolute Gasteiger partial charge is 0.268 e. The highest BCUT2D eigenvalue weighted by molar-refractivity contribution is 6.07. The molecule has 2 aromatic heterocycles. The second kappa shape index (κ2) is 41.8. The number of aromatic nitrogens is 2. The molecule has 4 heterocycles. The van der Waals surface area contributed by atoms with E-state index in [0.29, 0.717) is 182 Å². The van der Waals surface area contributed by atoms with Gasteiger partial charge in [-0.15, -0.1) is 0 Å². The molecular formula is C58H85F2N9O17. The van der Waals surface area contributed by atoms with Crippen LogP contribution in [-0.4, -0.2) is 267 Å². The number of ether oxygens (including phenoxy) is 12. The Hall–Kier alpha value is -6.20. The summed E-state index contributed by atoms with van der Waals surface area (Å²) in [5, 5.41) is 17.9. The second-order valence-electron chi connectivity index (χ2n) is 19.7. The number of hydrogen-bond donors (Lipinski definition) is 3. The van der Waals surface area contributed by atoms with E-state index in [1.807, 2.05) is 24.1 Å². The van der Waals surface area contributed by atoms with Crippen molar-refractivity contribution in [2.45, 2.75) is 37.3 Å². The zero-order chi connectivity index (χ0) is 61.5. The summed E-state index contributed by atoms with van der Waals surface area (Å²) in [6.45, 7) is 9.55. The van der Waals surface area contributed by atoms with E-state index in [1.54, 1.807) is 48.6 Å². The van der Waals surface area contributed by atoms with Crippen molar-refractivity contribution in [3.05, 3.63) is 66.1 Å². The van der Waals surface area contributed by atoms with Gasteiger partial charge in [0.25, 0.3) is 11.8 Å². The standard InChI is InChI=1S/C58H85F2N9O17/c1-67(46-5-6-51-49(38-46)48(7-10-63-51)56(73)66-43-54(72)69-44-58(59,60)40-47(69)41-61)13-11-64-52(70)8-14-75-16-18-77-20-22-79-24-26-81-28-30-83-32-34-85-36-37-86-35-33-84-31-29-82-27-25-80-23-21-78-19-17-76-15-12-65-57(74)50-39-53(71)68(2)55(50)45-4-3-9-62-42-45/h3-7,9-10,38,42,47,50,55H,8,11-37,39-40,43-44H2,1-2H3,(H,64,70)(H,65,74)(H,66,73)/t47-,50-,55+/m0/s1. The molecule has 26 nitrogen and oxygen atoms in total. The number of pyridine rings is 2. The number of nitriles is 1. The number of hydrogen-bond acceptors (Lipinski definition) is 21. The van der Waals surface area contributed by atoms with Crippen molar-refractivity contribution in [1.29, 1.82) is 5.26 Å². The summed E-state index contributed by atoms with van der Waals surface area (Å²) in [5.74, 6) is -5.43. The molecule has 3 atom stereocenters. The fraction of sp³-hybridized carbons (Fsp3) is 0.655. The number of rotatable bonds is 48. The van der Waals surface area contributed by atoms with Crippen LogP contribution in [0.25, 0.3) is 10.9 Å². The average Bonchev–Trinajstić information content (AvgIpc) is 2.63. The number of anilines is 1. The molecule has 0 unspecified atom stereocenters. The molecule has 5 rings (SSSR count). The van der Waals surface area contributed by atoms with Crippen molar-refractivity contribution < 1.29 is 89.6 Å². The second-order valence-corrected chi connectivity index (χ2v) is 19.7. The number of amides is 5. The Morgan fingerprint density at radius 2 is 1.19 bits per heavy atom. The molecule has 2 fully saturated rings. The monoisotopic (exact) mass is 1220 g/mol. The number of nitrogens with one attached hydrogen (secondary N) is 3. The molecule has 478 valence electrons. The first-order valence-corrected chi connectivity index (χ1v) is 29.0. The van der Waals surface area contributed by atoms with E-state index in [0.717, 1.165) is 16.2 Å². The maximum atomic E-state index is 13.8. The average molecular weight is 1220 g/mol. The summed E-state index contributed by atoms with van der Waals surface area (Å²) < 4.78 is 93.9. The number of likely N-dealkylation sites (tertiary alicyclic amines) is 2. The van der Waals surface area contributed by atoms with Crippen LogP contribution >= 0.6 is 0 Å². The van der Waals surface area contributed by atoms with Gasteiger partial charge in [0.1, 0.15) is 6.04 Å². The number of carbonyl (C=O) groups excluding carboxylic acids is 5. The third-order valence-electron chi connectivity index (χ3n) is 13.4. The lowest BCUT2D eigenvalue weighted by Crippen LogP contribution is -2.43. The van der Waals surface area contributed by atoms with Gasteiger partial charge in [0.2, 0.25) is 23.6 Å². The lowest BCUT2D eigenvalue weighted by molar-refractivity contribution is -0.131. The van der Waals surface area contributed by atoms with E-state index in [2.05, 4.69) is 25.9 Å². The molecule has 3 N–H and O–H groups in total. The van der Waals surface area contributed by atoms with Crippen LogP contribution in [0.5, 0.6) is 0 Å². The molecule has 2 aliphatic heterocycles. The number of carbonyl (C=O) groups is 5. The van der Waals surface area contributed by atoms with Crippen molar-refractivity contribution in [3.63, 3.8) is 0 Å². The molecule has 0 saturated carbocycles. The van der Waals surface area contributed by atoms with Crippen LogP contribution in [0.1, 0.15) is 41.2 Å². The molecule has 86 heavy (non-hydrogen) atoms. The molecule has 0 aliphatic carbocycles. The predicted octanol–water partition coefficient (Wildman–Crippen LogP) is 1.60. The SMILES string of the molecule is CN(CCNC(=O)CCOCCOCCOCCOCCOCCOCCOCCOCCOCCOCCOCCOCCNC(=O)[C@H]1CC(=O)N(C)[C@@H]1c1cccnc1)c1ccc2nccc(C(=O)NCC(=O)N3CC(F)(F)C[C@H]3C#N)c2c1. The minimum Gasteiger partial charge on any atom is -0.379 e. The van der Waals surface area contributed by atoms with E-state index in [1.165, 1.54) is 12.3 Å². The van der Waals surface area contributed by atoms with E-state index in [9.17, 15) is 38.0 Å². The molecule has 0 spiro atoms. The van der Waals surface area contributed by atoms with E-state index >= 15 is 0 Å². The van der Waals surface area contributed by atoms with Crippen molar-refractivity contribution in [3.8, 4) is 6.07 Å². The topological polar surface area (TPSA) is 291 Å². The van der Waals surface area contributed by atoms with E-state index in [-0.39, 0.29) is 48.8 Å². The summed E-state index contributed by atoms with van der Waals surface area (Å²) in [7, 11) is 3.54. The molecule has 2 aliphatic rings. The molecule has 2 saturated heterocycles. The Labute approximate surface area is 500 Å². The van der Waals surface area contributed by atoms with Crippen molar-refractivity contribution in [2.75, 3.05) is 210 Å². The van der Waals surface area contributed by atoms with Gasteiger partial charge in [-0.1, -0.05) is 6.07 Å². The van der Waals surface area contributed by atoms with Crippen LogP contribution in [0, 0.1) is 17.2 Å². The molecule has 0 bridgehead atoms. The summed E-state index contributed by atoms with van der Waals surface area (Å²) >= 11 is 0. The largest absolute Gasteiger partial charge is 0.379 e. The Balaban J connectivity index is 0.693. The number of nitrogens with zero attached hydrogens (tertiary/aromatic N) is 6. The number of alkyl halides is 2. The normalized spacial score (nSPS) is 16.4. The van der Waals surface area contributed by atoms with Crippen molar-refractivity contribution >= 4 is 46.1 Å². The van der Waals surface area contributed by atoms with Crippen LogP contribution < -0.4 is 20.9 Å². The maximum absolute atomic E-state index is 13.8. The number of benzene rings is 1. The fourth-order valence-electron chi connectivity index (χ4n) is 8.87. The third kappa shape index (κ3) is 27.2. The minimum absolute atomic E-state index is 0.0692. The summed E-state index contributed by atoms with van der Waals surface area (Å²) in [4.78, 5) is 76.0. The van der Waals surface area contributed by atoms with Gasteiger partial charge >= 0.3 is 0 Å². The molecule has 1 aromatic carbocycles. The Bertz CT molecular complexity index is 2490. The van der Waals surface area contributed by atoms with Crippen LogP contribution in [0.2, 0.25) is 0 Å².